The summed E-state index contributed by atoms with van der Waals surface area (Å²) in [6.45, 7) is 0. The van der Waals surface area contributed by atoms with E-state index in [-0.39, 0.29) is 0 Å². The van der Waals surface area contributed by atoms with Crippen LogP contribution in [0.1, 0.15) is 0 Å². The molecule has 0 unspecified atom stereocenters. The van der Waals surface area contributed by atoms with Crippen molar-refractivity contribution < 1.29 is 0 Å². The fourth-order valence-electron chi connectivity index (χ4n) is 1.85. The summed E-state index contributed by atoms with van der Waals surface area (Å²) in [5, 5.41) is 6.25. The first kappa shape index (κ1) is 10.2. The molecule has 0 aliphatic heterocycles. The maximum atomic E-state index is 4.45. The van der Waals surface area contributed by atoms with Crippen LogP contribution in [0.5, 0.6) is 0 Å². The number of nitrogens with one attached hydrogen (secondary N) is 1. The standard InChI is InChI=1S/C13H11N3S/c1-14-13-15-12(16-17-13)11-8-4-6-9-5-2-3-7-10(9)11/h2-8H,1H3,(H,14,15,16). The first-order chi connectivity index (χ1) is 8.38. The Bertz CT molecular complexity index is 655. The Hall–Kier alpha value is -1.94. The molecule has 1 N–H and O–H groups in total. The highest BCUT2D eigenvalue weighted by molar-refractivity contribution is 7.09. The molecule has 2 aromatic carbocycles. The van der Waals surface area contributed by atoms with Gasteiger partial charge in [-0.05, 0) is 10.8 Å². The highest BCUT2D eigenvalue weighted by atomic mass is 32.1. The van der Waals surface area contributed by atoms with Gasteiger partial charge < -0.3 is 5.32 Å². The van der Waals surface area contributed by atoms with Gasteiger partial charge in [0.05, 0.1) is 0 Å². The summed E-state index contributed by atoms with van der Waals surface area (Å²) in [5.41, 5.74) is 1.08. The van der Waals surface area contributed by atoms with E-state index in [4.69, 9.17) is 0 Å². The maximum absolute atomic E-state index is 4.45. The van der Waals surface area contributed by atoms with Crippen LogP contribution >= 0.6 is 11.5 Å². The molecule has 4 heteroatoms. The van der Waals surface area contributed by atoms with Crippen LogP contribution in [0, 0.1) is 0 Å². The van der Waals surface area contributed by atoms with Crippen LogP contribution in [0.4, 0.5) is 5.13 Å². The van der Waals surface area contributed by atoms with E-state index in [1.807, 2.05) is 25.2 Å². The van der Waals surface area contributed by atoms with Crippen LogP contribution in [0.3, 0.4) is 0 Å². The molecule has 0 amide bonds. The van der Waals surface area contributed by atoms with Gasteiger partial charge in [-0.3, -0.25) is 0 Å². The van der Waals surface area contributed by atoms with Crippen LogP contribution < -0.4 is 5.32 Å². The van der Waals surface area contributed by atoms with Crippen molar-refractivity contribution in [3.05, 3.63) is 42.5 Å². The number of rotatable bonds is 2. The van der Waals surface area contributed by atoms with E-state index in [1.165, 1.54) is 22.3 Å². The lowest BCUT2D eigenvalue weighted by atomic mass is 10.0. The second kappa shape index (κ2) is 4.14. The molecule has 0 aliphatic carbocycles. The van der Waals surface area contributed by atoms with E-state index in [0.29, 0.717) is 0 Å². The normalized spacial score (nSPS) is 10.6. The minimum atomic E-state index is 0.788. The van der Waals surface area contributed by atoms with Crippen LogP contribution in [-0.4, -0.2) is 16.4 Å². The monoisotopic (exact) mass is 241 g/mol. The van der Waals surface area contributed by atoms with E-state index < -0.39 is 0 Å². The van der Waals surface area contributed by atoms with Crippen molar-refractivity contribution in [3.63, 3.8) is 0 Å². The van der Waals surface area contributed by atoms with Crippen LogP contribution in [0.15, 0.2) is 42.5 Å². The van der Waals surface area contributed by atoms with Crippen LogP contribution in [-0.2, 0) is 0 Å². The van der Waals surface area contributed by atoms with Gasteiger partial charge in [0.1, 0.15) is 0 Å². The Morgan fingerprint density at radius 1 is 1.06 bits per heavy atom. The summed E-state index contributed by atoms with van der Waals surface area (Å²) < 4.78 is 4.38. The molecule has 3 aromatic rings. The van der Waals surface area contributed by atoms with Crippen molar-refractivity contribution in [3.8, 4) is 11.4 Å². The van der Waals surface area contributed by atoms with Gasteiger partial charge in [-0.25, -0.2) is 0 Å². The molecule has 3 rings (SSSR count). The molecular formula is C13H11N3S. The van der Waals surface area contributed by atoms with Crippen LogP contribution in [0.2, 0.25) is 0 Å². The van der Waals surface area contributed by atoms with Gasteiger partial charge in [0, 0.05) is 24.1 Å². The molecule has 0 bridgehead atoms. The van der Waals surface area contributed by atoms with E-state index in [2.05, 4.69) is 38.9 Å². The third kappa shape index (κ3) is 1.76. The zero-order valence-corrected chi connectivity index (χ0v) is 10.2. The summed E-state index contributed by atoms with van der Waals surface area (Å²) in [6, 6.07) is 14.5. The molecule has 0 saturated heterocycles. The maximum Gasteiger partial charge on any atom is 0.202 e. The zero-order valence-electron chi connectivity index (χ0n) is 9.34. The molecule has 0 spiro atoms. The van der Waals surface area contributed by atoms with Gasteiger partial charge in [-0.1, -0.05) is 42.5 Å². The zero-order chi connectivity index (χ0) is 11.7. The fraction of sp³-hybridized carbons (Fsp3) is 0.0769. The second-order valence-corrected chi connectivity index (χ2v) is 4.45. The van der Waals surface area contributed by atoms with Gasteiger partial charge >= 0.3 is 0 Å². The number of fused-ring (bicyclic) bond motifs is 1. The van der Waals surface area contributed by atoms with Crippen LogP contribution in [0.25, 0.3) is 22.2 Å². The largest absolute Gasteiger partial charge is 0.363 e. The van der Waals surface area contributed by atoms with Crippen molar-refractivity contribution in [2.24, 2.45) is 0 Å². The van der Waals surface area contributed by atoms with Crippen molar-refractivity contribution >= 4 is 27.4 Å². The smallest absolute Gasteiger partial charge is 0.202 e. The van der Waals surface area contributed by atoms with Crippen molar-refractivity contribution in [1.82, 2.24) is 9.36 Å². The Balaban J connectivity index is 2.23. The van der Waals surface area contributed by atoms with E-state index in [9.17, 15) is 0 Å². The molecule has 0 radical (unpaired) electrons. The Morgan fingerprint density at radius 3 is 2.71 bits per heavy atom. The number of anilines is 1. The summed E-state index contributed by atoms with van der Waals surface area (Å²) in [5.74, 6) is 0.788. The molecule has 0 fully saturated rings. The number of hydrogen-bond acceptors (Lipinski definition) is 4. The summed E-state index contributed by atoms with van der Waals surface area (Å²) in [4.78, 5) is 4.45. The SMILES string of the molecule is CNc1nc(-c2cccc3ccccc23)ns1. The molecule has 0 saturated carbocycles. The number of hydrogen-bond donors (Lipinski definition) is 1. The minimum Gasteiger partial charge on any atom is -0.363 e. The van der Waals surface area contributed by atoms with E-state index >= 15 is 0 Å². The quantitative estimate of drug-likeness (QED) is 0.747. The molecule has 0 atom stereocenters. The molecule has 17 heavy (non-hydrogen) atoms. The van der Waals surface area contributed by atoms with Gasteiger partial charge in [-0.2, -0.15) is 9.36 Å². The predicted molar refractivity (Wildman–Crippen MR) is 72.4 cm³/mol. The third-order valence-electron chi connectivity index (χ3n) is 2.67. The molecular weight excluding hydrogens is 230 g/mol. The molecule has 1 heterocycles. The van der Waals surface area contributed by atoms with Gasteiger partial charge in [0.25, 0.3) is 0 Å². The second-order valence-electron chi connectivity index (χ2n) is 3.70. The third-order valence-corrected chi connectivity index (χ3v) is 3.40. The number of aromatic nitrogens is 2. The Kier molecular flexibility index (Phi) is 2.49. The molecule has 0 aliphatic rings. The highest BCUT2D eigenvalue weighted by Gasteiger charge is 2.08. The average molecular weight is 241 g/mol. The van der Waals surface area contributed by atoms with Gasteiger partial charge in [0.15, 0.2) is 5.82 Å². The van der Waals surface area contributed by atoms with Crippen molar-refractivity contribution in [2.75, 3.05) is 12.4 Å². The molecule has 3 nitrogen and oxygen atoms in total. The molecule has 84 valence electrons. The van der Waals surface area contributed by atoms with E-state index in [0.717, 1.165) is 16.5 Å². The van der Waals surface area contributed by atoms with Crippen molar-refractivity contribution in [2.45, 2.75) is 0 Å². The Labute approximate surface area is 103 Å². The molecule has 1 aromatic heterocycles. The van der Waals surface area contributed by atoms with Gasteiger partial charge in [-0.15, -0.1) is 0 Å². The lowest BCUT2D eigenvalue weighted by molar-refractivity contribution is 1.31. The van der Waals surface area contributed by atoms with E-state index in [1.54, 1.807) is 0 Å². The topological polar surface area (TPSA) is 37.8 Å². The summed E-state index contributed by atoms with van der Waals surface area (Å²) in [6.07, 6.45) is 0. The summed E-state index contributed by atoms with van der Waals surface area (Å²) >= 11 is 1.38. The van der Waals surface area contributed by atoms with Crippen molar-refractivity contribution in [1.29, 1.82) is 0 Å². The number of nitrogens with zero attached hydrogens (tertiary/aromatic N) is 2. The first-order valence-electron chi connectivity index (χ1n) is 5.38. The minimum absolute atomic E-state index is 0.788. The lowest BCUT2D eigenvalue weighted by Gasteiger charge is -2.02. The number of benzene rings is 2. The average Bonchev–Trinajstić information content (AvgIpc) is 2.87. The summed E-state index contributed by atoms with van der Waals surface area (Å²) in [7, 11) is 1.85. The Morgan fingerprint density at radius 2 is 1.88 bits per heavy atom. The predicted octanol–water partition coefficient (Wildman–Crippen LogP) is 3.40. The first-order valence-corrected chi connectivity index (χ1v) is 6.15. The lowest BCUT2D eigenvalue weighted by Crippen LogP contribution is -1.87. The highest BCUT2D eigenvalue weighted by Crippen LogP contribution is 2.28. The van der Waals surface area contributed by atoms with Gasteiger partial charge in [0.2, 0.25) is 5.13 Å². The fourth-order valence-corrected chi connectivity index (χ4v) is 2.39.